The zero-order valence-corrected chi connectivity index (χ0v) is 12.2. The molecule has 0 radical (unpaired) electrons. The predicted molar refractivity (Wildman–Crippen MR) is 76.5 cm³/mol. The van der Waals surface area contributed by atoms with Crippen LogP contribution < -0.4 is 5.32 Å². The monoisotopic (exact) mass is 240 g/mol. The molecule has 0 amide bonds. The average molecular weight is 240 g/mol. The minimum Gasteiger partial charge on any atom is -0.313 e. The Hall–Kier alpha value is -0.0800. The van der Waals surface area contributed by atoms with Gasteiger partial charge in [-0.2, -0.15) is 0 Å². The molecule has 102 valence electrons. The third-order valence-corrected chi connectivity index (χ3v) is 4.15. The molecule has 0 aromatic carbocycles. The molecule has 17 heavy (non-hydrogen) atoms. The Morgan fingerprint density at radius 1 is 1.24 bits per heavy atom. The molecule has 2 nitrogen and oxygen atoms in total. The number of rotatable bonds is 9. The van der Waals surface area contributed by atoms with Crippen molar-refractivity contribution in [1.82, 2.24) is 10.2 Å². The largest absolute Gasteiger partial charge is 0.313 e. The first-order chi connectivity index (χ1) is 8.24. The van der Waals surface area contributed by atoms with Crippen LogP contribution in [0, 0.1) is 0 Å². The molecule has 0 bridgehead atoms. The second kappa shape index (κ2) is 8.93. The standard InChI is InChI=1S/C15H32N2/c1-4-5-6-7-8-10-14(2)17(3)13-15-11-9-12-16-15/h14-16H,4-13H2,1-3H3. The second-order valence-electron chi connectivity index (χ2n) is 5.78. The van der Waals surface area contributed by atoms with Gasteiger partial charge in [0.2, 0.25) is 0 Å². The van der Waals surface area contributed by atoms with E-state index in [1.165, 1.54) is 64.5 Å². The Kier molecular flexibility index (Phi) is 7.87. The van der Waals surface area contributed by atoms with Gasteiger partial charge in [-0.05, 0) is 39.8 Å². The van der Waals surface area contributed by atoms with Crippen LogP contribution in [-0.2, 0) is 0 Å². The van der Waals surface area contributed by atoms with Crippen LogP contribution in [-0.4, -0.2) is 37.1 Å². The van der Waals surface area contributed by atoms with Gasteiger partial charge in [-0.3, -0.25) is 0 Å². The highest BCUT2D eigenvalue weighted by atomic mass is 15.2. The topological polar surface area (TPSA) is 15.3 Å². The molecular formula is C15H32N2. The van der Waals surface area contributed by atoms with Crippen LogP contribution in [0.3, 0.4) is 0 Å². The Morgan fingerprint density at radius 3 is 2.65 bits per heavy atom. The van der Waals surface area contributed by atoms with E-state index in [-0.39, 0.29) is 0 Å². The van der Waals surface area contributed by atoms with Crippen LogP contribution in [0.4, 0.5) is 0 Å². The van der Waals surface area contributed by atoms with E-state index in [4.69, 9.17) is 0 Å². The molecule has 1 heterocycles. The van der Waals surface area contributed by atoms with Crippen molar-refractivity contribution in [2.24, 2.45) is 0 Å². The molecule has 1 rings (SSSR count). The van der Waals surface area contributed by atoms with Crippen LogP contribution in [0.15, 0.2) is 0 Å². The highest BCUT2D eigenvalue weighted by Crippen LogP contribution is 2.13. The molecule has 0 aliphatic carbocycles. The van der Waals surface area contributed by atoms with Crippen molar-refractivity contribution < 1.29 is 0 Å². The van der Waals surface area contributed by atoms with Gasteiger partial charge in [-0.15, -0.1) is 0 Å². The summed E-state index contributed by atoms with van der Waals surface area (Å²) in [4.78, 5) is 2.54. The van der Waals surface area contributed by atoms with Crippen LogP contribution in [0.2, 0.25) is 0 Å². The lowest BCUT2D eigenvalue weighted by Gasteiger charge is -2.27. The number of likely N-dealkylation sites (N-methyl/N-ethyl adjacent to an activating group) is 1. The number of nitrogens with one attached hydrogen (secondary N) is 1. The zero-order chi connectivity index (χ0) is 12.5. The molecule has 1 fully saturated rings. The number of nitrogens with zero attached hydrogens (tertiary/aromatic N) is 1. The van der Waals surface area contributed by atoms with E-state index < -0.39 is 0 Å². The van der Waals surface area contributed by atoms with Gasteiger partial charge in [0.05, 0.1) is 0 Å². The Bertz CT molecular complexity index is 176. The molecule has 1 aliphatic heterocycles. The van der Waals surface area contributed by atoms with E-state index in [0.717, 1.165) is 12.1 Å². The first-order valence-electron chi connectivity index (χ1n) is 7.67. The Labute approximate surface area is 108 Å². The first-order valence-corrected chi connectivity index (χ1v) is 7.67. The minimum absolute atomic E-state index is 0.749. The summed E-state index contributed by atoms with van der Waals surface area (Å²) < 4.78 is 0. The quantitative estimate of drug-likeness (QED) is 0.621. The van der Waals surface area contributed by atoms with Gasteiger partial charge in [0.1, 0.15) is 0 Å². The van der Waals surface area contributed by atoms with E-state index in [2.05, 4.69) is 31.1 Å². The van der Waals surface area contributed by atoms with Gasteiger partial charge >= 0.3 is 0 Å². The van der Waals surface area contributed by atoms with Crippen LogP contribution >= 0.6 is 0 Å². The van der Waals surface area contributed by atoms with Gasteiger partial charge in [0, 0.05) is 18.6 Å². The molecule has 2 atom stereocenters. The maximum atomic E-state index is 3.58. The molecule has 0 aromatic rings. The lowest BCUT2D eigenvalue weighted by molar-refractivity contribution is 0.221. The lowest BCUT2D eigenvalue weighted by atomic mass is 10.1. The molecule has 1 N–H and O–H groups in total. The highest BCUT2D eigenvalue weighted by Gasteiger charge is 2.18. The summed E-state index contributed by atoms with van der Waals surface area (Å²) in [6, 6.07) is 1.50. The third kappa shape index (κ3) is 6.42. The normalized spacial score (nSPS) is 22.2. The summed E-state index contributed by atoms with van der Waals surface area (Å²) in [5.41, 5.74) is 0. The minimum atomic E-state index is 0.749. The maximum absolute atomic E-state index is 3.58. The van der Waals surface area contributed by atoms with Gasteiger partial charge in [0.15, 0.2) is 0 Å². The Morgan fingerprint density at radius 2 is 2.00 bits per heavy atom. The van der Waals surface area contributed by atoms with E-state index >= 15 is 0 Å². The summed E-state index contributed by atoms with van der Waals surface area (Å²) in [5, 5.41) is 3.58. The smallest absolute Gasteiger partial charge is 0.0195 e. The number of hydrogen-bond acceptors (Lipinski definition) is 2. The molecular weight excluding hydrogens is 208 g/mol. The van der Waals surface area contributed by atoms with Crippen molar-refractivity contribution in [2.45, 2.75) is 77.3 Å². The Balaban J connectivity index is 2.02. The summed E-state index contributed by atoms with van der Waals surface area (Å²) >= 11 is 0. The SMILES string of the molecule is CCCCCCCC(C)N(C)CC1CCCN1. The van der Waals surface area contributed by atoms with Gasteiger partial charge < -0.3 is 10.2 Å². The molecule has 0 aromatic heterocycles. The molecule has 2 heteroatoms. The van der Waals surface area contributed by atoms with E-state index in [1.807, 2.05) is 0 Å². The second-order valence-corrected chi connectivity index (χ2v) is 5.78. The van der Waals surface area contributed by atoms with Gasteiger partial charge in [-0.1, -0.05) is 39.0 Å². The molecule has 2 unspecified atom stereocenters. The maximum Gasteiger partial charge on any atom is 0.0195 e. The van der Waals surface area contributed by atoms with Crippen molar-refractivity contribution in [3.63, 3.8) is 0 Å². The molecule has 1 aliphatic rings. The van der Waals surface area contributed by atoms with Gasteiger partial charge in [-0.25, -0.2) is 0 Å². The summed E-state index contributed by atoms with van der Waals surface area (Å²) in [5.74, 6) is 0. The fourth-order valence-electron chi connectivity index (χ4n) is 2.70. The van der Waals surface area contributed by atoms with Crippen molar-refractivity contribution in [3.8, 4) is 0 Å². The summed E-state index contributed by atoms with van der Waals surface area (Å²) in [6.45, 7) is 7.12. The van der Waals surface area contributed by atoms with E-state index in [9.17, 15) is 0 Å². The van der Waals surface area contributed by atoms with Crippen LogP contribution in [0.1, 0.15) is 65.2 Å². The fourth-order valence-corrected chi connectivity index (χ4v) is 2.70. The van der Waals surface area contributed by atoms with E-state index in [1.54, 1.807) is 0 Å². The van der Waals surface area contributed by atoms with Crippen molar-refractivity contribution in [1.29, 1.82) is 0 Å². The summed E-state index contributed by atoms with van der Waals surface area (Å²) in [7, 11) is 2.29. The highest BCUT2D eigenvalue weighted by molar-refractivity contribution is 4.78. The molecule has 0 spiro atoms. The number of hydrogen-bond donors (Lipinski definition) is 1. The lowest BCUT2D eigenvalue weighted by Crippen LogP contribution is -2.39. The summed E-state index contributed by atoms with van der Waals surface area (Å²) in [6.07, 6.45) is 11.1. The van der Waals surface area contributed by atoms with Gasteiger partial charge in [0.25, 0.3) is 0 Å². The predicted octanol–water partition coefficient (Wildman–Crippen LogP) is 3.42. The van der Waals surface area contributed by atoms with Crippen molar-refractivity contribution in [3.05, 3.63) is 0 Å². The zero-order valence-electron chi connectivity index (χ0n) is 12.2. The average Bonchev–Trinajstić information content (AvgIpc) is 2.81. The van der Waals surface area contributed by atoms with Crippen molar-refractivity contribution in [2.75, 3.05) is 20.1 Å². The molecule has 1 saturated heterocycles. The first kappa shape index (κ1) is 15.0. The number of unbranched alkanes of at least 4 members (excludes halogenated alkanes) is 4. The molecule has 0 saturated carbocycles. The fraction of sp³-hybridized carbons (Fsp3) is 1.00. The van der Waals surface area contributed by atoms with E-state index in [0.29, 0.717) is 0 Å². The third-order valence-electron chi connectivity index (χ3n) is 4.15. The van der Waals surface area contributed by atoms with Crippen molar-refractivity contribution >= 4 is 0 Å². The van der Waals surface area contributed by atoms with Crippen LogP contribution in [0.5, 0.6) is 0 Å². The van der Waals surface area contributed by atoms with Crippen LogP contribution in [0.25, 0.3) is 0 Å².